The lowest BCUT2D eigenvalue weighted by molar-refractivity contribution is 0.0141. The molecule has 2 aliphatic rings. The zero-order valence-corrected chi connectivity index (χ0v) is 13.8. The van der Waals surface area contributed by atoms with Gasteiger partial charge in [-0.05, 0) is 30.5 Å². The van der Waals surface area contributed by atoms with Crippen LogP contribution in [0.2, 0.25) is 0 Å². The molecular weight excluding hydrogens is 323 g/mol. The summed E-state index contributed by atoms with van der Waals surface area (Å²) in [6.45, 7) is 1.44. The van der Waals surface area contributed by atoms with Crippen LogP contribution in [0, 0.1) is 11.7 Å². The molecule has 2 fully saturated rings. The number of ether oxygens (including phenoxy) is 1. The van der Waals surface area contributed by atoms with Crippen molar-refractivity contribution in [2.45, 2.75) is 12.5 Å². The van der Waals surface area contributed by atoms with Crippen LogP contribution in [0.3, 0.4) is 0 Å². The minimum Gasteiger partial charge on any atom is -0.494 e. The van der Waals surface area contributed by atoms with Crippen molar-refractivity contribution in [3.8, 4) is 5.75 Å². The third-order valence-corrected chi connectivity index (χ3v) is 5.89. The van der Waals surface area contributed by atoms with Crippen molar-refractivity contribution in [2.75, 3.05) is 33.0 Å². The summed E-state index contributed by atoms with van der Waals surface area (Å²) in [6, 6.07) is 3.93. The Balaban J connectivity index is 1.75. The molecule has 0 unspecified atom stereocenters. The first-order valence-electron chi connectivity index (χ1n) is 7.41. The number of carbonyl (C=O) groups is 1. The van der Waals surface area contributed by atoms with E-state index in [1.165, 1.54) is 29.8 Å². The van der Waals surface area contributed by atoms with Crippen molar-refractivity contribution < 1.29 is 22.3 Å². The molecule has 1 amide bonds. The minimum absolute atomic E-state index is 0.0857. The van der Waals surface area contributed by atoms with Gasteiger partial charge in [0, 0.05) is 31.2 Å². The predicted molar refractivity (Wildman–Crippen MR) is 82.3 cm³/mol. The van der Waals surface area contributed by atoms with Crippen molar-refractivity contribution in [2.24, 2.45) is 5.92 Å². The lowest BCUT2D eigenvalue weighted by Crippen LogP contribution is -2.65. The highest BCUT2D eigenvalue weighted by Crippen LogP contribution is 2.34. The van der Waals surface area contributed by atoms with Crippen LogP contribution in [-0.4, -0.2) is 62.6 Å². The monoisotopic (exact) mass is 342 g/mol. The topological polar surface area (TPSA) is 66.9 Å². The van der Waals surface area contributed by atoms with Gasteiger partial charge in [-0.3, -0.25) is 4.79 Å². The fourth-order valence-corrected chi connectivity index (χ4v) is 4.49. The average molecular weight is 342 g/mol. The van der Waals surface area contributed by atoms with Gasteiger partial charge < -0.3 is 9.64 Å². The summed E-state index contributed by atoms with van der Waals surface area (Å²) in [5.41, 5.74) is 0.243. The molecule has 2 saturated heterocycles. The predicted octanol–water partition coefficient (Wildman–Crippen LogP) is 0.940. The molecule has 0 radical (unpaired) electrons. The quantitative estimate of drug-likeness (QED) is 0.820. The van der Waals surface area contributed by atoms with Gasteiger partial charge in [0.15, 0.2) is 11.6 Å². The molecular formula is C15H19FN2O4S. The maximum atomic E-state index is 13.8. The van der Waals surface area contributed by atoms with Crippen LogP contribution in [-0.2, 0) is 10.0 Å². The Morgan fingerprint density at radius 3 is 2.70 bits per heavy atom. The molecule has 6 nitrogen and oxygen atoms in total. The van der Waals surface area contributed by atoms with E-state index in [0.29, 0.717) is 25.6 Å². The van der Waals surface area contributed by atoms with Gasteiger partial charge in [-0.2, -0.15) is 4.31 Å². The summed E-state index contributed by atoms with van der Waals surface area (Å²) >= 11 is 0. The molecule has 23 heavy (non-hydrogen) atoms. The lowest BCUT2D eigenvalue weighted by Gasteiger charge is -2.51. The first-order valence-corrected chi connectivity index (χ1v) is 9.25. The molecule has 0 aliphatic carbocycles. The van der Waals surface area contributed by atoms with E-state index in [-0.39, 0.29) is 23.3 Å². The number of hydrogen-bond acceptors (Lipinski definition) is 4. The fourth-order valence-electron chi connectivity index (χ4n) is 3.30. The van der Waals surface area contributed by atoms with Gasteiger partial charge in [-0.15, -0.1) is 0 Å². The molecule has 2 aliphatic heterocycles. The number of amides is 1. The molecule has 2 heterocycles. The molecule has 0 saturated carbocycles. The summed E-state index contributed by atoms with van der Waals surface area (Å²) in [5.74, 6) is -0.483. The molecule has 3 rings (SSSR count). The van der Waals surface area contributed by atoms with Crippen LogP contribution >= 0.6 is 0 Å². The number of piperidine rings is 1. The number of sulfonamides is 1. The van der Waals surface area contributed by atoms with Crippen molar-refractivity contribution in [1.82, 2.24) is 9.21 Å². The first kappa shape index (κ1) is 16.2. The Labute approximate surface area is 134 Å². The highest BCUT2D eigenvalue weighted by molar-refractivity contribution is 7.88. The van der Waals surface area contributed by atoms with E-state index in [0.717, 1.165) is 12.5 Å². The third-order valence-electron chi connectivity index (χ3n) is 4.62. The Hall–Kier alpha value is -1.67. The van der Waals surface area contributed by atoms with Crippen LogP contribution in [0.4, 0.5) is 4.39 Å². The second-order valence-electron chi connectivity index (χ2n) is 6.05. The zero-order chi connectivity index (χ0) is 16.8. The maximum absolute atomic E-state index is 13.8. The average Bonchev–Trinajstić information content (AvgIpc) is 2.46. The Kier molecular flexibility index (Phi) is 4.05. The minimum atomic E-state index is -3.25. The Morgan fingerprint density at radius 1 is 1.35 bits per heavy atom. The van der Waals surface area contributed by atoms with Crippen molar-refractivity contribution >= 4 is 15.9 Å². The van der Waals surface area contributed by atoms with E-state index >= 15 is 0 Å². The molecule has 8 heteroatoms. The maximum Gasteiger partial charge on any atom is 0.254 e. The van der Waals surface area contributed by atoms with Gasteiger partial charge in [0.05, 0.1) is 13.4 Å². The largest absolute Gasteiger partial charge is 0.494 e. The Bertz CT molecular complexity index is 737. The number of fused-ring (bicyclic) bond motifs is 1. The fraction of sp³-hybridized carbons (Fsp3) is 0.533. The van der Waals surface area contributed by atoms with Gasteiger partial charge in [-0.25, -0.2) is 12.8 Å². The number of halogens is 1. The highest BCUT2D eigenvalue weighted by atomic mass is 32.2. The molecule has 0 spiro atoms. The first-order chi connectivity index (χ1) is 10.8. The molecule has 0 N–H and O–H groups in total. The lowest BCUT2D eigenvalue weighted by atomic mass is 9.84. The highest BCUT2D eigenvalue weighted by Gasteiger charge is 2.47. The summed E-state index contributed by atoms with van der Waals surface area (Å²) in [4.78, 5) is 14.1. The molecule has 2 atom stereocenters. The number of likely N-dealkylation sites (tertiary alicyclic amines) is 1. The number of methoxy groups -OCH3 is 1. The standard InChI is InChI=1S/C15H19FN2O4S/c1-22-14-4-3-10(7-12(14)16)15(19)17-6-5-11-8-18(13(11)9-17)23(2,20)21/h3-4,7,11,13H,5-6,8-9H2,1-2H3/t11-,13-/m1/s1. The van der Waals surface area contributed by atoms with Gasteiger partial charge in [0.25, 0.3) is 5.91 Å². The zero-order valence-electron chi connectivity index (χ0n) is 13.0. The summed E-state index contributed by atoms with van der Waals surface area (Å²) in [7, 11) is -1.88. The van der Waals surface area contributed by atoms with Crippen molar-refractivity contribution in [3.63, 3.8) is 0 Å². The summed E-state index contributed by atoms with van der Waals surface area (Å²) in [6.07, 6.45) is 1.95. The second kappa shape index (κ2) is 5.76. The van der Waals surface area contributed by atoms with Crippen LogP contribution in [0.25, 0.3) is 0 Å². The van der Waals surface area contributed by atoms with E-state index in [1.807, 2.05) is 0 Å². The normalized spacial score (nSPS) is 24.7. The molecule has 0 bridgehead atoms. The van der Waals surface area contributed by atoms with Gasteiger partial charge in [0.2, 0.25) is 10.0 Å². The van der Waals surface area contributed by atoms with Crippen LogP contribution in [0.15, 0.2) is 18.2 Å². The van der Waals surface area contributed by atoms with Crippen molar-refractivity contribution in [3.05, 3.63) is 29.6 Å². The molecule has 1 aromatic rings. The van der Waals surface area contributed by atoms with Gasteiger partial charge in [0.1, 0.15) is 0 Å². The number of benzene rings is 1. The van der Waals surface area contributed by atoms with Crippen LogP contribution < -0.4 is 4.74 Å². The van der Waals surface area contributed by atoms with E-state index in [1.54, 1.807) is 4.90 Å². The number of hydrogen-bond donors (Lipinski definition) is 0. The van der Waals surface area contributed by atoms with E-state index in [2.05, 4.69) is 0 Å². The number of carbonyl (C=O) groups excluding carboxylic acids is 1. The summed E-state index contributed by atoms with van der Waals surface area (Å²) in [5, 5.41) is 0. The molecule has 0 aromatic heterocycles. The smallest absolute Gasteiger partial charge is 0.254 e. The second-order valence-corrected chi connectivity index (χ2v) is 7.98. The van der Waals surface area contributed by atoms with Gasteiger partial charge >= 0.3 is 0 Å². The van der Waals surface area contributed by atoms with E-state index in [4.69, 9.17) is 4.74 Å². The van der Waals surface area contributed by atoms with E-state index < -0.39 is 15.8 Å². The van der Waals surface area contributed by atoms with Crippen LogP contribution in [0.5, 0.6) is 5.75 Å². The third kappa shape index (κ3) is 2.92. The number of nitrogens with zero attached hydrogens (tertiary/aromatic N) is 2. The Morgan fingerprint density at radius 2 is 2.09 bits per heavy atom. The van der Waals surface area contributed by atoms with Gasteiger partial charge in [-0.1, -0.05) is 0 Å². The SMILES string of the molecule is COc1ccc(C(=O)N2CC[C@@H]3CN(S(C)(=O)=O)[C@@H]3C2)cc1F. The number of rotatable bonds is 3. The molecule has 126 valence electrons. The molecule has 1 aromatic carbocycles. The van der Waals surface area contributed by atoms with Crippen molar-refractivity contribution in [1.29, 1.82) is 0 Å². The summed E-state index contributed by atoms with van der Waals surface area (Å²) < 4.78 is 43.4. The van der Waals surface area contributed by atoms with Crippen LogP contribution in [0.1, 0.15) is 16.8 Å². The van der Waals surface area contributed by atoms with E-state index in [9.17, 15) is 17.6 Å².